The summed E-state index contributed by atoms with van der Waals surface area (Å²) >= 11 is 1.48. The highest BCUT2D eigenvalue weighted by Gasteiger charge is 2.08. The Morgan fingerprint density at radius 1 is 1.16 bits per heavy atom. The molecule has 3 nitrogen and oxygen atoms in total. The van der Waals surface area contributed by atoms with E-state index in [0.29, 0.717) is 10.7 Å². The second kappa shape index (κ2) is 4.48. The van der Waals surface area contributed by atoms with Crippen LogP contribution in [-0.2, 0) is 0 Å². The molecule has 3 aromatic rings. The van der Waals surface area contributed by atoms with Crippen molar-refractivity contribution >= 4 is 32.5 Å². The predicted octanol–water partition coefficient (Wildman–Crippen LogP) is 3.75. The van der Waals surface area contributed by atoms with Crippen LogP contribution in [0.4, 0.5) is 5.13 Å². The van der Waals surface area contributed by atoms with Crippen LogP contribution in [0.2, 0.25) is 0 Å². The number of anilines is 1. The molecule has 19 heavy (non-hydrogen) atoms. The van der Waals surface area contributed by atoms with E-state index in [-0.39, 0.29) is 5.78 Å². The van der Waals surface area contributed by atoms with Crippen molar-refractivity contribution in [2.75, 3.05) is 5.73 Å². The third-order valence-electron chi connectivity index (χ3n) is 3.04. The topological polar surface area (TPSA) is 56.0 Å². The summed E-state index contributed by atoms with van der Waals surface area (Å²) < 4.78 is 1.07. The molecule has 0 spiro atoms. The maximum absolute atomic E-state index is 11.3. The Hall–Kier alpha value is -2.20. The number of thiazole rings is 1. The van der Waals surface area contributed by atoms with Gasteiger partial charge in [0.15, 0.2) is 10.9 Å². The maximum atomic E-state index is 11.3. The number of rotatable bonds is 2. The number of para-hydroxylation sites is 1. The first-order valence-corrected chi connectivity index (χ1v) is 6.73. The summed E-state index contributed by atoms with van der Waals surface area (Å²) in [5, 5.41) is 0.572. The molecular formula is C15H12N2OS. The third kappa shape index (κ3) is 2.11. The van der Waals surface area contributed by atoms with Gasteiger partial charge in [0.05, 0.1) is 10.2 Å². The molecule has 0 atom stereocenters. The van der Waals surface area contributed by atoms with Crippen LogP contribution in [0, 0.1) is 0 Å². The van der Waals surface area contributed by atoms with Gasteiger partial charge < -0.3 is 5.73 Å². The van der Waals surface area contributed by atoms with Crippen LogP contribution < -0.4 is 5.73 Å². The van der Waals surface area contributed by atoms with E-state index in [1.54, 1.807) is 6.92 Å². The van der Waals surface area contributed by atoms with Gasteiger partial charge in [0, 0.05) is 11.1 Å². The van der Waals surface area contributed by atoms with Crippen LogP contribution in [0.3, 0.4) is 0 Å². The van der Waals surface area contributed by atoms with Crippen molar-refractivity contribution in [1.29, 1.82) is 0 Å². The minimum atomic E-state index is 0.0719. The van der Waals surface area contributed by atoms with Crippen molar-refractivity contribution in [2.45, 2.75) is 6.92 Å². The first kappa shape index (κ1) is 11.9. The Morgan fingerprint density at radius 2 is 1.89 bits per heavy atom. The van der Waals surface area contributed by atoms with E-state index in [4.69, 9.17) is 5.73 Å². The molecule has 0 aliphatic heterocycles. The summed E-state index contributed by atoms with van der Waals surface area (Å²) in [5.74, 6) is 0.0719. The molecule has 0 unspecified atom stereocenters. The molecule has 0 radical (unpaired) electrons. The van der Waals surface area contributed by atoms with Gasteiger partial charge in [-0.2, -0.15) is 0 Å². The molecular weight excluding hydrogens is 256 g/mol. The number of ketones is 1. The zero-order valence-corrected chi connectivity index (χ0v) is 11.2. The number of aromatic nitrogens is 1. The van der Waals surface area contributed by atoms with E-state index in [2.05, 4.69) is 4.98 Å². The van der Waals surface area contributed by atoms with Crippen LogP contribution in [0.5, 0.6) is 0 Å². The van der Waals surface area contributed by atoms with Gasteiger partial charge in [-0.1, -0.05) is 47.7 Å². The molecule has 0 amide bonds. The number of hydrogen-bond acceptors (Lipinski definition) is 4. The fourth-order valence-corrected chi connectivity index (χ4v) is 2.84. The smallest absolute Gasteiger partial charge is 0.181 e. The zero-order chi connectivity index (χ0) is 13.4. The van der Waals surface area contributed by atoms with Crippen LogP contribution in [0.25, 0.3) is 21.3 Å². The molecule has 2 N–H and O–H groups in total. The Kier molecular flexibility index (Phi) is 2.80. The van der Waals surface area contributed by atoms with Crippen LogP contribution in [-0.4, -0.2) is 10.8 Å². The first-order valence-electron chi connectivity index (χ1n) is 5.91. The van der Waals surface area contributed by atoms with E-state index >= 15 is 0 Å². The van der Waals surface area contributed by atoms with Crippen molar-refractivity contribution in [1.82, 2.24) is 4.98 Å². The van der Waals surface area contributed by atoms with E-state index in [1.165, 1.54) is 11.3 Å². The summed E-state index contributed by atoms with van der Waals surface area (Å²) in [6.07, 6.45) is 0. The number of hydrogen-bond donors (Lipinski definition) is 1. The van der Waals surface area contributed by atoms with Crippen LogP contribution in [0.1, 0.15) is 17.3 Å². The summed E-state index contributed by atoms with van der Waals surface area (Å²) in [4.78, 5) is 15.7. The lowest BCUT2D eigenvalue weighted by Gasteiger charge is -2.03. The molecule has 0 saturated carbocycles. The number of benzene rings is 2. The quantitative estimate of drug-likeness (QED) is 0.720. The maximum Gasteiger partial charge on any atom is 0.181 e. The van der Waals surface area contributed by atoms with E-state index in [9.17, 15) is 4.79 Å². The SMILES string of the molecule is CC(=O)c1ccc(-c2cccc3sc(N)nc23)cc1. The van der Waals surface area contributed by atoms with Gasteiger partial charge in [-0.25, -0.2) is 4.98 Å². The second-order valence-electron chi connectivity index (χ2n) is 4.34. The molecule has 4 heteroatoms. The van der Waals surface area contributed by atoms with Gasteiger partial charge in [-0.05, 0) is 18.6 Å². The number of nitrogen functional groups attached to an aromatic ring is 1. The number of fused-ring (bicyclic) bond motifs is 1. The van der Waals surface area contributed by atoms with Crippen molar-refractivity contribution in [2.24, 2.45) is 0 Å². The molecule has 1 heterocycles. The molecule has 0 fully saturated rings. The number of carbonyl (C=O) groups is 1. The van der Waals surface area contributed by atoms with Gasteiger partial charge in [0.2, 0.25) is 0 Å². The fourth-order valence-electron chi connectivity index (χ4n) is 2.08. The highest BCUT2D eigenvalue weighted by atomic mass is 32.1. The van der Waals surface area contributed by atoms with Gasteiger partial charge in [-0.3, -0.25) is 4.79 Å². The average Bonchev–Trinajstić information content (AvgIpc) is 2.78. The third-order valence-corrected chi connectivity index (χ3v) is 3.89. The fraction of sp³-hybridized carbons (Fsp3) is 0.0667. The van der Waals surface area contributed by atoms with Gasteiger partial charge in [0.1, 0.15) is 0 Å². The lowest BCUT2D eigenvalue weighted by molar-refractivity contribution is 0.101. The average molecular weight is 268 g/mol. The molecule has 0 saturated heterocycles. The monoisotopic (exact) mass is 268 g/mol. The largest absolute Gasteiger partial charge is 0.375 e. The zero-order valence-electron chi connectivity index (χ0n) is 10.4. The van der Waals surface area contributed by atoms with E-state index in [0.717, 1.165) is 21.3 Å². The Labute approximate surface area is 114 Å². The minimum absolute atomic E-state index is 0.0719. The lowest BCUT2D eigenvalue weighted by Crippen LogP contribution is -1.91. The highest BCUT2D eigenvalue weighted by Crippen LogP contribution is 2.32. The van der Waals surface area contributed by atoms with Gasteiger partial charge in [0.25, 0.3) is 0 Å². The second-order valence-corrected chi connectivity index (χ2v) is 5.40. The summed E-state index contributed by atoms with van der Waals surface area (Å²) in [5.41, 5.74) is 9.48. The van der Waals surface area contributed by atoms with Crippen molar-refractivity contribution in [3.05, 3.63) is 48.0 Å². The number of nitrogens with two attached hydrogens (primary N) is 1. The van der Waals surface area contributed by atoms with Crippen LogP contribution in [0.15, 0.2) is 42.5 Å². The van der Waals surface area contributed by atoms with Crippen molar-refractivity contribution in [3.63, 3.8) is 0 Å². The highest BCUT2D eigenvalue weighted by molar-refractivity contribution is 7.22. The molecule has 0 aliphatic rings. The Morgan fingerprint density at radius 3 is 2.58 bits per heavy atom. The van der Waals surface area contributed by atoms with Gasteiger partial charge in [-0.15, -0.1) is 0 Å². The standard InChI is InChI=1S/C15H12N2OS/c1-9(18)10-5-7-11(8-6-10)12-3-2-4-13-14(12)17-15(16)19-13/h2-8H,1H3,(H2,16,17). The predicted molar refractivity (Wildman–Crippen MR) is 79.5 cm³/mol. The van der Waals surface area contributed by atoms with E-state index in [1.807, 2.05) is 42.5 Å². The number of nitrogens with zero attached hydrogens (tertiary/aromatic N) is 1. The number of Topliss-reactive ketones (excluding diaryl/α,β-unsaturated/α-hetero) is 1. The molecule has 1 aromatic heterocycles. The first-order chi connectivity index (χ1) is 9.15. The Bertz CT molecular complexity index is 759. The molecule has 94 valence electrons. The normalized spacial score (nSPS) is 10.8. The summed E-state index contributed by atoms with van der Waals surface area (Å²) in [7, 11) is 0. The van der Waals surface area contributed by atoms with Crippen LogP contribution >= 0.6 is 11.3 Å². The number of carbonyl (C=O) groups excluding carboxylic acids is 1. The molecule has 3 rings (SSSR count). The lowest BCUT2D eigenvalue weighted by atomic mass is 10.0. The van der Waals surface area contributed by atoms with Gasteiger partial charge >= 0.3 is 0 Å². The molecule has 0 aliphatic carbocycles. The molecule has 2 aromatic carbocycles. The van der Waals surface area contributed by atoms with E-state index < -0.39 is 0 Å². The summed E-state index contributed by atoms with van der Waals surface area (Å²) in [6, 6.07) is 13.6. The van der Waals surface area contributed by atoms with Crippen molar-refractivity contribution < 1.29 is 4.79 Å². The molecule has 0 bridgehead atoms. The van der Waals surface area contributed by atoms with Crippen molar-refractivity contribution in [3.8, 4) is 11.1 Å². The Balaban J connectivity index is 2.15. The summed E-state index contributed by atoms with van der Waals surface area (Å²) in [6.45, 7) is 1.57. The minimum Gasteiger partial charge on any atom is -0.375 e.